The molecule has 2 saturated heterocycles. The van der Waals surface area contributed by atoms with Crippen molar-refractivity contribution in [2.24, 2.45) is 0 Å². The lowest BCUT2D eigenvalue weighted by Crippen LogP contribution is -2.47. The minimum Gasteiger partial charge on any atom is -0.353 e. The predicted molar refractivity (Wildman–Crippen MR) is 169 cm³/mol. The lowest BCUT2D eigenvalue weighted by Gasteiger charge is -2.36. The van der Waals surface area contributed by atoms with Crippen LogP contribution >= 0.6 is 24.0 Å². The van der Waals surface area contributed by atoms with Gasteiger partial charge in [0.2, 0.25) is 0 Å². The van der Waals surface area contributed by atoms with E-state index >= 15 is 0 Å². The van der Waals surface area contributed by atoms with Gasteiger partial charge in [0.05, 0.1) is 10.5 Å². The van der Waals surface area contributed by atoms with Crippen molar-refractivity contribution in [3.63, 3.8) is 0 Å². The number of hydrogen-bond acceptors (Lipinski definition) is 7. The molecule has 9 heteroatoms. The minimum atomic E-state index is -0.166. The number of thioether (sulfide) groups is 1. The third-order valence-corrected chi connectivity index (χ3v) is 9.00. The summed E-state index contributed by atoms with van der Waals surface area (Å²) >= 11 is 6.86. The molecular formula is C31H37N5O2S2. The number of hydrogen-bond donors (Lipinski definition) is 0. The number of pyridine rings is 1. The maximum Gasteiger partial charge on any atom is 0.267 e. The zero-order valence-corrected chi connectivity index (χ0v) is 25.0. The molecule has 0 saturated carbocycles. The van der Waals surface area contributed by atoms with E-state index in [0.29, 0.717) is 32.8 Å². The molecule has 0 radical (unpaired) electrons. The molecule has 7 nitrogen and oxygen atoms in total. The second-order valence-corrected chi connectivity index (χ2v) is 12.2. The number of fused-ring (bicyclic) bond motifs is 1. The van der Waals surface area contributed by atoms with Crippen LogP contribution in [0, 0.1) is 6.92 Å². The van der Waals surface area contributed by atoms with Gasteiger partial charge < -0.3 is 4.90 Å². The fourth-order valence-electron chi connectivity index (χ4n) is 5.32. The van der Waals surface area contributed by atoms with E-state index in [9.17, 15) is 9.59 Å². The highest BCUT2D eigenvalue weighted by Gasteiger charge is 2.33. The van der Waals surface area contributed by atoms with E-state index in [1.165, 1.54) is 36.6 Å². The van der Waals surface area contributed by atoms with Crippen LogP contribution in [0.4, 0.5) is 5.82 Å². The van der Waals surface area contributed by atoms with Gasteiger partial charge in [-0.1, -0.05) is 93.0 Å². The highest BCUT2D eigenvalue weighted by atomic mass is 32.2. The monoisotopic (exact) mass is 575 g/mol. The Morgan fingerprint density at radius 2 is 1.73 bits per heavy atom. The van der Waals surface area contributed by atoms with Crippen LogP contribution in [0.3, 0.4) is 0 Å². The Labute approximate surface area is 245 Å². The summed E-state index contributed by atoms with van der Waals surface area (Å²) in [5.41, 5.74) is 3.15. The lowest BCUT2D eigenvalue weighted by atomic mass is 10.1. The van der Waals surface area contributed by atoms with Gasteiger partial charge in [0, 0.05) is 45.5 Å². The predicted octanol–water partition coefficient (Wildman–Crippen LogP) is 5.50. The Kier molecular flexibility index (Phi) is 9.34. The molecule has 1 aromatic carbocycles. The first-order valence-electron chi connectivity index (χ1n) is 14.2. The van der Waals surface area contributed by atoms with E-state index in [1.807, 2.05) is 25.1 Å². The van der Waals surface area contributed by atoms with Crippen LogP contribution in [0.5, 0.6) is 0 Å². The molecular weight excluding hydrogens is 539 g/mol. The molecule has 0 atom stereocenters. The number of carbonyl (C=O) groups is 1. The van der Waals surface area contributed by atoms with Crippen LogP contribution in [0.2, 0.25) is 0 Å². The number of carbonyl (C=O) groups excluding carboxylic acids is 1. The number of nitrogens with zero attached hydrogens (tertiary/aromatic N) is 5. The maximum absolute atomic E-state index is 13.9. The lowest BCUT2D eigenvalue weighted by molar-refractivity contribution is -0.122. The van der Waals surface area contributed by atoms with E-state index < -0.39 is 0 Å². The van der Waals surface area contributed by atoms with Gasteiger partial charge in [-0.2, -0.15) is 0 Å². The smallest absolute Gasteiger partial charge is 0.267 e. The van der Waals surface area contributed by atoms with Crippen molar-refractivity contribution in [3.8, 4) is 0 Å². The summed E-state index contributed by atoms with van der Waals surface area (Å²) < 4.78 is 2.15. The van der Waals surface area contributed by atoms with Crippen LogP contribution < -0.4 is 10.5 Å². The van der Waals surface area contributed by atoms with Crippen molar-refractivity contribution in [1.82, 2.24) is 19.2 Å². The van der Waals surface area contributed by atoms with E-state index in [1.54, 1.807) is 21.6 Å². The molecule has 1 amide bonds. The largest absolute Gasteiger partial charge is 0.353 e. The average Bonchev–Trinajstić information content (AvgIpc) is 3.23. The number of anilines is 1. The molecule has 210 valence electrons. The molecule has 2 aromatic heterocycles. The zero-order chi connectivity index (χ0) is 28.1. The van der Waals surface area contributed by atoms with E-state index in [0.717, 1.165) is 51.1 Å². The van der Waals surface area contributed by atoms with Crippen LogP contribution in [0.15, 0.2) is 58.4 Å². The summed E-state index contributed by atoms with van der Waals surface area (Å²) in [6, 6.07) is 14.3. The Morgan fingerprint density at radius 3 is 2.48 bits per heavy atom. The van der Waals surface area contributed by atoms with E-state index in [2.05, 4.69) is 41.0 Å². The Morgan fingerprint density at radius 1 is 0.975 bits per heavy atom. The summed E-state index contributed by atoms with van der Waals surface area (Å²) in [4.78, 5) is 39.0. The zero-order valence-electron chi connectivity index (χ0n) is 23.3. The number of rotatable bonds is 10. The standard InChI is InChI=1S/C31H37N5O2S2/c1-3-4-5-6-10-15-36-30(38)26(40-31(36)39)21-25-28(32-27-23(2)12-11-16-35(27)29(25)37)34-19-17-33(18-20-34)22-24-13-8-7-9-14-24/h7-9,11-14,16,21H,3-6,10,15,17-20,22H2,1-2H3/b26-21+. The van der Waals surface area contributed by atoms with Crippen LogP contribution in [-0.2, 0) is 11.3 Å². The fraction of sp³-hybridized carbons (Fsp3) is 0.419. The molecule has 0 unspecified atom stereocenters. The van der Waals surface area contributed by atoms with E-state index in [-0.39, 0.29) is 11.5 Å². The van der Waals surface area contributed by atoms with Gasteiger partial charge in [-0.05, 0) is 36.6 Å². The van der Waals surface area contributed by atoms with Crippen LogP contribution in [0.25, 0.3) is 11.7 Å². The van der Waals surface area contributed by atoms with Gasteiger partial charge in [0.25, 0.3) is 11.5 Å². The molecule has 0 spiro atoms. The molecule has 2 fully saturated rings. The van der Waals surface area contributed by atoms with Gasteiger partial charge in [0.15, 0.2) is 0 Å². The van der Waals surface area contributed by atoms with Gasteiger partial charge in [-0.25, -0.2) is 4.98 Å². The number of amides is 1. The van der Waals surface area contributed by atoms with Gasteiger partial charge >= 0.3 is 0 Å². The maximum atomic E-state index is 13.9. The highest BCUT2D eigenvalue weighted by Crippen LogP contribution is 2.34. The van der Waals surface area contributed by atoms with Crippen molar-refractivity contribution < 1.29 is 4.79 Å². The Balaban J connectivity index is 1.41. The molecule has 5 rings (SSSR count). The summed E-state index contributed by atoms with van der Waals surface area (Å²) in [6.07, 6.45) is 9.05. The Bertz CT molecular complexity index is 1460. The number of aromatic nitrogens is 2. The summed E-state index contributed by atoms with van der Waals surface area (Å²) in [6.45, 7) is 8.91. The van der Waals surface area contributed by atoms with Crippen LogP contribution in [-0.4, -0.2) is 62.1 Å². The number of piperazine rings is 1. The Hall–Kier alpha value is -3.01. The SMILES string of the molecule is CCCCCCCN1C(=O)/C(=C\c2c(N3CCN(Cc4ccccc4)CC3)nc3c(C)cccn3c2=O)SC1=S. The topological polar surface area (TPSA) is 61.2 Å². The van der Waals surface area contributed by atoms with Crippen LogP contribution in [0.1, 0.15) is 55.7 Å². The number of aryl methyl sites for hydroxylation is 1. The molecule has 0 aliphatic carbocycles. The average molecular weight is 576 g/mol. The second-order valence-electron chi connectivity index (χ2n) is 10.5. The summed E-state index contributed by atoms with van der Waals surface area (Å²) in [5, 5.41) is 0. The molecule has 3 aromatic rings. The third kappa shape index (κ3) is 6.32. The first-order chi connectivity index (χ1) is 19.5. The van der Waals surface area contributed by atoms with Crippen molar-refractivity contribution in [2.45, 2.75) is 52.5 Å². The molecule has 0 bridgehead atoms. The number of thiocarbonyl (C=S) groups is 1. The summed E-state index contributed by atoms with van der Waals surface area (Å²) in [5.74, 6) is 0.529. The molecule has 2 aliphatic rings. The van der Waals surface area contributed by atoms with Gasteiger partial charge in [-0.3, -0.25) is 23.8 Å². The quantitative estimate of drug-likeness (QED) is 0.180. The first kappa shape index (κ1) is 28.5. The highest BCUT2D eigenvalue weighted by molar-refractivity contribution is 8.26. The number of benzene rings is 1. The van der Waals surface area contributed by atoms with Crippen molar-refractivity contribution in [3.05, 3.63) is 80.6 Å². The van der Waals surface area contributed by atoms with Gasteiger partial charge in [0.1, 0.15) is 15.8 Å². The van der Waals surface area contributed by atoms with Gasteiger partial charge in [-0.15, -0.1) is 0 Å². The molecule has 40 heavy (non-hydrogen) atoms. The number of unbranched alkanes of at least 4 members (excludes halogenated alkanes) is 4. The molecule has 4 heterocycles. The molecule has 0 N–H and O–H groups in total. The second kappa shape index (κ2) is 13.1. The first-order valence-corrected chi connectivity index (χ1v) is 15.5. The van der Waals surface area contributed by atoms with Crippen molar-refractivity contribution >= 4 is 51.7 Å². The van der Waals surface area contributed by atoms with Crippen molar-refractivity contribution in [1.29, 1.82) is 0 Å². The minimum absolute atomic E-state index is 0.113. The van der Waals surface area contributed by atoms with Crippen molar-refractivity contribution in [2.75, 3.05) is 37.6 Å². The normalized spacial score (nSPS) is 17.5. The fourth-order valence-corrected chi connectivity index (χ4v) is 6.61. The summed E-state index contributed by atoms with van der Waals surface area (Å²) in [7, 11) is 0. The van der Waals surface area contributed by atoms with E-state index in [4.69, 9.17) is 17.2 Å². The molecule has 2 aliphatic heterocycles. The third-order valence-electron chi connectivity index (χ3n) is 7.62.